The van der Waals surface area contributed by atoms with Crippen molar-refractivity contribution in [2.45, 2.75) is 13.8 Å². The summed E-state index contributed by atoms with van der Waals surface area (Å²) in [5.74, 6) is 0.942. The molecule has 0 fully saturated rings. The largest absolute Gasteiger partial charge is 0.492 e. The highest BCUT2D eigenvalue weighted by Crippen LogP contribution is 2.21. The van der Waals surface area contributed by atoms with Crippen LogP contribution in [0.5, 0.6) is 5.75 Å². The first-order valence-corrected chi connectivity index (χ1v) is 7.34. The summed E-state index contributed by atoms with van der Waals surface area (Å²) in [7, 11) is 0. The molecule has 0 saturated heterocycles. The maximum atomic E-state index is 5.79. The van der Waals surface area contributed by atoms with Gasteiger partial charge in [-0.15, -0.1) is 12.4 Å². The van der Waals surface area contributed by atoms with Crippen molar-refractivity contribution in [3.63, 3.8) is 0 Å². The molecule has 2 rings (SSSR count). The molecule has 2 nitrogen and oxygen atoms in total. The van der Waals surface area contributed by atoms with E-state index in [1.165, 1.54) is 11.1 Å². The van der Waals surface area contributed by atoms with E-state index in [2.05, 4.69) is 55.1 Å². The molecular weight excluding hydrogens is 282 g/mol. The number of nitrogens with zero attached hydrogens (tertiary/aromatic N) is 1. The summed E-state index contributed by atoms with van der Waals surface area (Å²) in [6.45, 7) is 8.23. The van der Waals surface area contributed by atoms with Crippen LogP contribution in [0, 0.1) is 0 Å². The van der Waals surface area contributed by atoms with Gasteiger partial charge in [0, 0.05) is 6.54 Å². The molecular formula is C18H24ClNO. The molecule has 3 heteroatoms. The van der Waals surface area contributed by atoms with Crippen LogP contribution in [0.2, 0.25) is 0 Å². The Kier molecular flexibility index (Phi) is 7.88. The molecule has 0 N–H and O–H groups in total. The van der Waals surface area contributed by atoms with Gasteiger partial charge < -0.3 is 9.64 Å². The standard InChI is InChI=1S/C18H23NO.ClH/c1-3-19(4-2)14-15-20-18-12-10-17(11-13-18)16-8-6-5-7-9-16;/h5-13H,3-4,14-15H2,1-2H3;1H. The molecule has 0 amide bonds. The predicted octanol–water partition coefficient (Wildman–Crippen LogP) is 4.50. The quantitative estimate of drug-likeness (QED) is 0.747. The average molecular weight is 306 g/mol. The summed E-state index contributed by atoms with van der Waals surface area (Å²) in [5.41, 5.74) is 2.46. The number of halogens is 1. The molecule has 0 heterocycles. The Morgan fingerprint density at radius 2 is 1.38 bits per heavy atom. The second-order valence-corrected chi connectivity index (χ2v) is 4.77. The van der Waals surface area contributed by atoms with Gasteiger partial charge in [-0.3, -0.25) is 0 Å². The highest BCUT2D eigenvalue weighted by atomic mass is 35.5. The van der Waals surface area contributed by atoms with Crippen LogP contribution in [0.4, 0.5) is 0 Å². The minimum atomic E-state index is 0. The van der Waals surface area contributed by atoms with Crippen molar-refractivity contribution >= 4 is 12.4 Å². The molecule has 0 aliphatic carbocycles. The number of ether oxygens (including phenoxy) is 1. The number of likely N-dealkylation sites (N-methyl/N-ethyl adjacent to an activating group) is 1. The summed E-state index contributed by atoms with van der Waals surface area (Å²) >= 11 is 0. The van der Waals surface area contributed by atoms with E-state index < -0.39 is 0 Å². The number of hydrogen-bond acceptors (Lipinski definition) is 2. The number of benzene rings is 2. The van der Waals surface area contributed by atoms with Crippen LogP contribution < -0.4 is 4.74 Å². The van der Waals surface area contributed by atoms with Crippen molar-refractivity contribution in [2.24, 2.45) is 0 Å². The van der Waals surface area contributed by atoms with Gasteiger partial charge >= 0.3 is 0 Å². The Balaban J connectivity index is 0.00000220. The zero-order valence-electron chi connectivity index (χ0n) is 12.8. The van der Waals surface area contributed by atoms with Crippen molar-refractivity contribution in [3.05, 3.63) is 54.6 Å². The van der Waals surface area contributed by atoms with Crippen molar-refractivity contribution in [2.75, 3.05) is 26.2 Å². The summed E-state index contributed by atoms with van der Waals surface area (Å²) in [5, 5.41) is 0. The Morgan fingerprint density at radius 1 is 0.810 bits per heavy atom. The van der Waals surface area contributed by atoms with E-state index in [9.17, 15) is 0 Å². The zero-order chi connectivity index (χ0) is 14.2. The van der Waals surface area contributed by atoms with Gasteiger partial charge in [0.2, 0.25) is 0 Å². The van der Waals surface area contributed by atoms with Gasteiger partial charge in [0.1, 0.15) is 12.4 Å². The summed E-state index contributed by atoms with van der Waals surface area (Å²) in [4.78, 5) is 2.36. The average Bonchev–Trinajstić information content (AvgIpc) is 2.53. The van der Waals surface area contributed by atoms with E-state index in [0.29, 0.717) is 0 Å². The molecule has 0 aliphatic heterocycles. The van der Waals surface area contributed by atoms with E-state index in [1.54, 1.807) is 0 Å². The molecule has 2 aromatic carbocycles. The molecule has 0 aromatic heterocycles. The van der Waals surface area contributed by atoms with Crippen molar-refractivity contribution in [1.29, 1.82) is 0 Å². The van der Waals surface area contributed by atoms with E-state index in [1.807, 2.05) is 18.2 Å². The lowest BCUT2D eigenvalue weighted by molar-refractivity contribution is 0.223. The van der Waals surface area contributed by atoms with E-state index in [4.69, 9.17) is 4.74 Å². The van der Waals surface area contributed by atoms with E-state index >= 15 is 0 Å². The molecule has 0 bridgehead atoms. The molecule has 0 atom stereocenters. The van der Waals surface area contributed by atoms with Crippen molar-refractivity contribution < 1.29 is 4.74 Å². The first-order chi connectivity index (χ1) is 9.83. The third-order valence-corrected chi connectivity index (χ3v) is 3.53. The molecule has 21 heavy (non-hydrogen) atoms. The smallest absolute Gasteiger partial charge is 0.119 e. The Bertz CT molecular complexity index is 494. The molecule has 114 valence electrons. The Labute approximate surface area is 134 Å². The lowest BCUT2D eigenvalue weighted by atomic mass is 10.1. The topological polar surface area (TPSA) is 12.5 Å². The van der Waals surface area contributed by atoms with Crippen molar-refractivity contribution in [3.8, 4) is 16.9 Å². The van der Waals surface area contributed by atoms with Gasteiger partial charge in [-0.1, -0.05) is 56.3 Å². The van der Waals surface area contributed by atoms with Gasteiger partial charge in [-0.25, -0.2) is 0 Å². The van der Waals surface area contributed by atoms with Gasteiger partial charge in [-0.05, 0) is 36.3 Å². The van der Waals surface area contributed by atoms with Gasteiger partial charge in [0.05, 0.1) is 0 Å². The van der Waals surface area contributed by atoms with E-state index in [0.717, 1.165) is 32.0 Å². The second-order valence-electron chi connectivity index (χ2n) is 4.77. The van der Waals surface area contributed by atoms with Crippen LogP contribution in [0.25, 0.3) is 11.1 Å². The number of hydrogen-bond donors (Lipinski definition) is 0. The van der Waals surface area contributed by atoms with E-state index in [-0.39, 0.29) is 12.4 Å². The fraction of sp³-hybridized carbons (Fsp3) is 0.333. The van der Waals surface area contributed by atoms with Crippen LogP contribution in [0.3, 0.4) is 0 Å². The molecule has 0 unspecified atom stereocenters. The first kappa shape index (κ1) is 17.5. The third kappa shape index (κ3) is 5.41. The molecule has 0 spiro atoms. The Hall–Kier alpha value is -1.51. The van der Waals surface area contributed by atoms with Crippen LogP contribution in [-0.2, 0) is 0 Å². The van der Waals surface area contributed by atoms with Gasteiger partial charge in [0.25, 0.3) is 0 Å². The fourth-order valence-corrected chi connectivity index (χ4v) is 2.21. The zero-order valence-corrected chi connectivity index (χ0v) is 13.6. The van der Waals surface area contributed by atoms with Crippen LogP contribution in [-0.4, -0.2) is 31.1 Å². The van der Waals surface area contributed by atoms with Crippen LogP contribution >= 0.6 is 12.4 Å². The second kappa shape index (κ2) is 9.43. The highest BCUT2D eigenvalue weighted by molar-refractivity contribution is 5.85. The molecule has 2 aromatic rings. The summed E-state index contributed by atoms with van der Waals surface area (Å²) in [6, 6.07) is 18.7. The molecule has 0 radical (unpaired) electrons. The first-order valence-electron chi connectivity index (χ1n) is 7.34. The van der Waals surface area contributed by atoms with Gasteiger partial charge in [0.15, 0.2) is 0 Å². The molecule has 0 aliphatic rings. The molecule has 0 saturated carbocycles. The fourth-order valence-electron chi connectivity index (χ4n) is 2.21. The summed E-state index contributed by atoms with van der Waals surface area (Å²) < 4.78 is 5.79. The SMILES string of the molecule is CCN(CC)CCOc1ccc(-c2ccccc2)cc1.Cl. The monoisotopic (exact) mass is 305 g/mol. The normalized spacial score (nSPS) is 10.2. The number of rotatable bonds is 7. The predicted molar refractivity (Wildman–Crippen MR) is 92.4 cm³/mol. The van der Waals surface area contributed by atoms with Crippen LogP contribution in [0.1, 0.15) is 13.8 Å². The Morgan fingerprint density at radius 3 is 1.95 bits per heavy atom. The highest BCUT2D eigenvalue weighted by Gasteiger charge is 2.00. The van der Waals surface area contributed by atoms with Gasteiger partial charge in [-0.2, -0.15) is 0 Å². The van der Waals surface area contributed by atoms with Crippen molar-refractivity contribution in [1.82, 2.24) is 4.90 Å². The lowest BCUT2D eigenvalue weighted by Crippen LogP contribution is -2.27. The summed E-state index contributed by atoms with van der Waals surface area (Å²) in [6.07, 6.45) is 0. The maximum absolute atomic E-state index is 5.79. The van der Waals surface area contributed by atoms with Crippen LogP contribution in [0.15, 0.2) is 54.6 Å². The minimum absolute atomic E-state index is 0. The maximum Gasteiger partial charge on any atom is 0.119 e. The minimum Gasteiger partial charge on any atom is -0.492 e. The lowest BCUT2D eigenvalue weighted by Gasteiger charge is -2.18. The third-order valence-electron chi connectivity index (χ3n) is 3.53.